The summed E-state index contributed by atoms with van der Waals surface area (Å²) in [5.41, 5.74) is 3.71. The molecule has 1 saturated carbocycles. The van der Waals surface area contributed by atoms with Crippen molar-refractivity contribution in [2.75, 3.05) is 13.6 Å². The fraction of sp³-hybridized carbons (Fsp3) is 0.381. The van der Waals surface area contributed by atoms with E-state index in [0.29, 0.717) is 12.5 Å². The van der Waals surface area contributed by atoms with Crippen molar-refractivity contribution >= 4 is 21.8 Å². The first kappa shape index (κ1) is 18.2. The lowest BCUT2D eigenvalue weighted by Gasteiger charge is -2.14. The zero-order valence-electron chi connectivity index (χ0n) is 14.8. The lowest BCUT2D eigenvalue weighted by Crippen LogP contribution is -2.25. The van der Waals surface area contributed by atoms with Gasteiger partial charge >= 0.3 is 0 Å². The molecule has 0 aliphatic heterocycles. The summed E-state index contributed by atoms with van der Waals surface area (Å²) in [6, 6.07) is 16.8. The summed E-state index contributed by atoms with van der Waals surface area (Å²) in [4.78, 5) is 14.7. The molecular weight excluding hydrogens is 376 g/mol. The van der Waals surface area contributed by atoms with Crippen LogP contribution < -0.4 is 5.32 Å². The fourth-order valence-electron chi connectivity index (χ4n) is 3.14. The maximum atomic E-state index is 12.4. The standard InChI is InChI=1S/C21H25BrN2O/c1-3-24(2)14-16-6-4-5-15(11-16)13-23-21(25)20-12-19(20)17-7-9-18(22)10-8-17/h4-11,19-20H,3,12-14H2,1-2H3,(H,23,25). The SMILES string of the molecule is CCN(C)Cc1cccc(CNC(=O)C2CC2c2ccc(Br)cc2)c1. The van der Waals surface area contributed by atoms with Crippen molar-refractivity contribution in [1.82, 2.24) is 10.2 Å². The number of amides is 1. The molecule has 3 nitrogen and oxygen atoms in total. The molecule has 1 amide bonds. The van der Waals surface area contributed by atoms with Crippen molar-refractivity contribution in [2.24, 2.45) is 5.92 Å². The van der Waals surface area contributed by atoms with Crippen LogP contribution in [-0.4, -0.2) is 24.4 Å². The maximum absolute atomic E-state index is 12.4. The lowest BCUT2D eigenvalue weighted by molar-refractivity contribution is -0.122. The second kappa shape index (κ2) is 8.15. The quantitative estimate of drug-likeness (QED) is 0.750. The van der Waals surface area contributed by atoms with Gasteiger partial charge in [0.05, 0.1) is 0 Å². The number of nitrogens with zero attached hydrogens (tertiary/aromatic N) is 1. The average molecular weight is 401 g/mol. The molecule has 1 aliphatic carbocycles. The lowest BCUT2D eigenvalue weighted by atomic mass is 10.1. The predicted molar refractivity (Wildman–Crippen MR) is 105 cm³/mol. The van der Waals surface area contributed by atoms with Crippen LogP contribution in [0.3, 0.4) is 0 Å². The van der Waals surface area contributed by atoms with Crippen LogP contribution in [-0.2, 0) is 17.9 Å². The highest BCUT2D eigenvalue weighted by molar-refractivity contribution is 9.10. The molecule has 2 aromatic rings. The summed E-state index contributed by atoms with van der Waals surface area (Å²) in [6.07, 6.45) is 0.953. The number of benzene rings is 2. The number of hydrogen-bond acceptors (Lipinski definition) is 2. The van der Waals surface area contributed by atoms with Crippen LogP contribution in [0.5, 0.6) is 0 Å². The first-order valence-corrected chi connectivity index (χ1v) is 9.65. The molecule has 132 valence electrons. The van der Waals surface area contributed by atoms with Gasteiger partial charge in [0.15, 0.2) is 0 Å². The molecule has 1 N–H and O–H groups in total. The minimum atomic E-state index is 0.121. The molecule has 1 fully saturated rings. The molecule has 0 spiro atoms. The van der Waals surface area contributed by atoms with Crippen molar-refractivity contribution < 1.29 is 4.79 Å². The summed E-state index contributed by atoms with van der Waals surface area (Å²) in [5.74, 6) is 0.664. The molecule has 25 heavy (non-hydrogen) atoms. The summed E-state index contributed by atoms with van der Waals surface area (Å²) < 4.78 is 1.08. The van der Waals surface area contributed by atoms with E-state index in [9.17, 15) is 4.79 Å². The van der Waals surface area contributed by atoms with Gasteiger partial charge in [0.25, 0.3) is 0 Å². The predicted octanol–water partition coefficient (Wildman–Crippen LogP) is 4.32. The number of rotatable bonds is 7. The van der Waals surface area contributed by atoms with Crippen LogP contribution in [0.1, 0.15) is 36.0 Å². The van der Waals surface area contributed by atoms with E-state index in [4.69, 9.17) is 0 Å². The number of hydrogen-bond donors (Lipinski definition) is 1. The van der Waals surface area contributed by atoms with Gasteiger partial charge in [-0.1, -0.05) is 59.3 Å². The van der Waals surface area contributed by atoms with Gasteiger partial charge in [-0.25, -0.2) is 0 Å². The zero-order chi connectivity index (χ0) is 17.8. The summed E-state index contributed by atoms with van der Waals surface area (Å²) in [6.45, 7) is 4.72. The van der Waals surface area contributed by atoms with Gasteiger partial charge in [-0.15, -0.1) is 0 Å². The Hall–Kier alpha value is -1.65. The Morgan fingerprint density at radius 2 is 1.92 bits per heavy atom. The Kier molecular flexibility index (Phi) is 5.92. The van der Waals surface area contributed by atoms with Crippen LogP contribution in [0.15, 0.2) is 53.0 Å². The van der Waals surface area contributed by atoms with Gasteiger partial charge < -0.3 is 10.2 Å². The number of nitrogens with one attached hydrogen (secondary N) is 1. The van der Waals surface area contributed by atoms with Crippen molar-refractivity contribution in [1.29, 1.82) is 0 Å². The van der Waals surface area contributed by atoms with E-state index in [1.165, 1.54) is 11.1 Å². The highest BCUT2D eigenvalue weighted by atomic mass is 79.9. The van der Waals surface area contributed by atoms with Crippen molar-refractivity contribution in [3.63, 3.8) is 0 Å². The molecule has 2 unspecified atom stereocenters. The van der Waals surface area contributed by atoms with Crippen molar-refractivity contribution in [3.05, 3.63) is 69.7 Å². The normalized spacial score (nSPS) is 19.0. The van der Waals surface area contributed by atoms with Gasteiger partial charge in [0.2, 0.25) is 5.91 Å². The highest BCUT2D eigenvalue weighted by Gasteiger charge is 2.43. The first-order chi connectivity index (χ1) is 12.1. The van der Waals surface area contributed by atoms with E-state index < -0.39 is 0 Å². The molecular formula is C21H25BrN2O. The molecule has 0 heterocycles. The minimum Gasteiger partial charge on any atom is -0.352 e. The van der Waals surface area contributed by atoms with Gasteiger partial charge in [0, 0.05) is 23.5 Å². The summed E-state index contributed by atoms with van der Waals surface area (Å²) in [7, 11) is 2.11. The third-order valence-electron chi connectivity index (χ3n) is 4.88. The minimum absolute atomic E-state index is 0.121. The van der Waals surface area contributed by atoms with Crippen molar-refractivity contribution in [3.8, 4) is 0 Å². The van der Waals surface area contributed by atoms with Crippen molar-refractivity contribution in [2.45, 2.75) is 32.4 Å². The summed E-state index contributed by atoms with van der Waals surface area (Å²) in [5, 5.41) is 3.10. The molecule has 0 aromatic heterocycles. The molecule has 0 bridgehead atoms. The first-order valence-electron chi connectivity index (χ1n) is 8.86. The molecule has 4 heteroatoms. The van der Waals surface area contributed by atoms with Crippen LogP contribution in [0.2, 0.25) is 0 Å². The van der Waals surface area contributed by atoms with Crippen LogP contribution in [0, 0.1) is 5.92 Å². The third-order valence-corrected chi connectivity index (χ3v) is 5.40. The van der Waals surface area contributed by atoms with Gasteiger partial charge in [0.1, 0.15) is 0 Å². The highest BCUT2D eigenvalue weighted by Crippen LogP contribution is 2.47. The van der Waals surface area contributed by atoms with Crippen LogP contribution in [0.25, 0.3) is 0 Å². The maximum Gasteiger partial charge on any atom is 0.224 e. The Morgan fingerprint density at radius 3 is 2.64 bits per heavy atom. The van der Waals surface area contributed by atoms with Gasteiger partial charge in [-0.2, -0.15) is 0 Å². The third kappa shape index (κ3) is 4.93. The topological polar surface area (TPSA) is 32.3 Å². The smallest absolute Gasteiger partial charge is 0.224 e. The van der Waals surface area contributed by atoms with Crippen LogP contribution in [0.4, 0.5) is 0 Å². The molecule has 0 saturated heterocycles. The van der Waals surface area contributed by atoms with Crippen LogP contribution >= 0.6 is 15.9 Å². The van der Waals surface area contributed by atoms with E-state index >= 15 is 0 Å². The molecule has 1 aliphatic rings. The fourth-order valence-corrected chi connectivity index (χ4v) is 3.41. The summed E-state index contributed by atoms with van der Waals surface area (Å²) >= 11 is 3.45. The Morgan fingerprint density at radius 1 is 1.20 bits per heavy atom. The number of halogens is 1. The number of carbonyl (C=O) groups excluding carboxylic acids is 1. The Balaban J connectivity index is 1.51. The molecule has 2 aromatic carbocycles. The van der Waals surface area contributed by atoms with E-state index in [-0.39, 0.29) is 11.8 Å². The van der Waals surface area contributed by atoms with E-state index in [1.54, 1.807) is 0 Å². The second-order valence-electron chi connectivity index (χ2n) is 6.87. The molecule has 3 rings (SSSR count). The van der Waals surface area contributed by atoms with E-state index in [0.717, 1.165) is 29.5 Å². The molecule has 2 atom stereocenters. The largest absolute Gasteiger partial charge is 0.352 e. The zero-order valence-corrected chi connectivity index (χ0v) is 16.4. The van der Waals surface area contributed by atoms with Gasteiger partial charge in [-0.3, -0.25) is 4.79 Å². The monoisotopic (exact) mass is 400 g/mol. The van der Waals surface area contributed by atoms with E-state index in [1.807, 2.05) is 12.1 Å². The molecule has 0 radical (unpaired) electrons. The van der Waals surface area contributed by atoms with E-state index in [2.05, 4.69) is 76.5 Å². The Labute approximate surface area is 158 Å². The number of carbonyl (C=O) groups is 1. The average Bonchev–Trinajstić information content (AvgIpc) is 3.41. The Bertz CT molecular complexity index is 729. The van der Waals surface area contributed by atoms with Gasteiger partial charge in [-0.05, 0) is 54.8 Å². The second-order valence-corrected chi connectivity index (χ2v) is 7.78.